The van der Waals surface area contributed by atoms with Crippen LogP contribution in [-0.2, 0) is 13.1 Å². The average Bonchev–Trinajstić information content (AvgIpc) is 3.44. The van der Waals surface area contributed by atoms with E-state index in [1.54, 1.807) is 53.6 Å². The molecule has 1 aromatic heterocycles. The summed E-state index contributed by atoms with van der Waals surface area (Å²) in [7, 11) is 1.44. The first-order valence-electron chi connectivity index (χ1n) is 10.1. The number of ether oxygens (including phenoxy) is 1. The molecule has 2 aromatic carbocycles. The lowest BCUT2D eigenvalue weighted by atomic mass is 10.1. The molecule has 1 aliphatic carbocycles. The van der Waals surface area contributed by atoms with E-state index >= 15 is 0 Å². The van der Waals surface area contributed by atoms with Crippen LogP contribution in [0.3, 0.4) is 0 Å². The van der Waals surface area contributed by atoms with Gasteiger partial charge in [0.2, 0.25) is 0 Å². The lowest BCUT2D eigenvalue weighted by molar-refractivity contribution is 0.0713. The number of rotatable bonds is 8. The van der Waals surface area contributed by atoms with Crippen LogP contribution < -0.4 is 10.1 Å². The predicted octanol–water partition coefficient (Wildman–Crippen LogP) is 3.73. The summed E-state index contributed by atoms with van der Waals surface area (Å²) in [6, 6.07) is 15.8. The molecular weight excluding hydrogens is 396 g/mol. The van der Waals surface area contributed by atoms with Gasteiger partial charge in [-0.1, -0.05) is 18.2 Å². The van der Waals surface area contributed by atoms with Crippen molar-refractivity contribution in [2.75, 3.05) is 7.11 Å². The molecule has 1 fully saturated rings. The summed E-state index contributed by atoms with van der Waals surface area (Å²) in [6.45, 7) is 0.507. The SMILES string of the molecule is COc1cccc(C(=O)N(Cc2ccc(C(=O)NC3CC3)cc2)Cc2ccco2)c1O. The molecule has 1 saturated carbocycles. The van der Waals surface area contributed by atoms with Gasteiger partial charge < -0.3 is 24.5 Å². The van der Waals surface area contributed by atoms with Crippen molar-refractivity contribution in [2.45, 2.75) is 32.0 Å². The highest BCUT2D eigenvalue weighted by molar-refractivity contribution is 5.97. The summed E-state index contributed by atoms with van der Waals surface area (Å²) in [5.74, 6) is 0.208. The Hall–Kier alpha value is -3.74. The van der Waals surface area contributed by atoms with Crippen LogP contribution in [-0.4, -0.2) is 35.0 Å². The third-order valence-electron chi connectivity index (χ3n) is 5.17. The number of amides is 2. The number of benzene rings is 2. The van der Waals surface area contributed by atoms with Crippen molar-refractivity contribution in [2.24, 2.45) is 0 Å². The molecule has 0 atom stereocenters. The van der Waals surface area contributed by atoms with E-state index < -0.39 is 0 Å². The van der Waals surface area contributed by atoms with E-state index in [1.807, 2.05) is 12.1 Å². The van der Waals surface area contributed by atoms with Crippen molar-refractivity contribution in [1.29, 1.82) is 0 Å². The van der Waals surface area contributed by atoms with E-state index in [4.69, 9.17) is 9.15 Å². The third kappa shape index (κ3) is 4.88. The van der Waals surface area contributed by atoms with Crippen molar-refractivity contribution >= 4 is 11.8 Å². The van der Waals surface area contributed by atoms with Crippen LogP contribution in [0.5, 0.6) is 11.5 Å². The average molecular weight is 420 g/mol. The van der Waals surface area contributed by atoms with E-state index in [2.05, 4.69) is 5.32 Å². The Morgan fingerprint density at radius 3 is 2.52 bits per heavy atom. The van der Waals surface area contributed by atoms with E-state index in [1.165, 1.54) is 7.11 Å². The van der Waals surface area contributed by atoms with Gasteiger partial charge in [0.05, 0.1) is 25.5 Å². The molecule has 31 heavy (non-hydrogen) atoms. The first-order valence-corrected chi connectivity index (χ1v) is 10.1. The van der Waals surface area contributed by atoms with Crippen molar-refractivity contribution in [3.8, 4) is 11.5 Å². The Morgan fingerprint density at radius 2 is 1.87 bits per heavy atom. The number of methoxy groups -OCH3 is 1. The molecule has 3 aromatic rings. The minimum atomic E-state index is -0.358. The predicted molar refractivity (Wildman–Crippen MR) is 114 cm³/mol. The number of nitrogens with zero attached hydrogens (tertiary/aromatic N) is 1. The molecule has 0 radical (unpaired) electrons. The molecular formula is C24H24N2O5. The summed E-state index contributed by atoms with van der Waals surface area (Å²) in [5, 5.41) is 13.4. The number of nitrogens with one attached hydrogen (secondary N) is 1. The Morgan fingerprint density at radius 1 is 1.10 bits per heavy atom. The van der Waals surface area contributed by atoms with Gasteiger partial charge in [0, 0.05) is 18.2 Å². The summed E-state index contributed by atoms with van der Waals surface area (Å²) in [6.07, 6.45) is 3.61. The number of phenols is 1. The van der Waals surface area contributed by atoms with Gasteiger partial charge in [-0.15, -0.1) is 0 Å². The third-order valence-corrected chi connectivity index (χ3v) is 5.17. The van der Waals surface area contributed by atoms with E-state index in [-0.39, 0.29) is 42.0 Å². The Balaban J connectivity index is 1.55. The fourth-order valence-electron chi connectivity index (χ4n) is 3.30. The molecule has 4 rings (SSSR count). The molecule has 0 unspecified atom stereocenters. The molecule has 1 heterocycles. The highest BCUT2D eigenvalue weighted by atomic mass is 16.5. The van der Waals surface area contributed by atoms with Gasteiger partial charge in [0.25, 0.3) is 11.8 Å². The van der Waals surface area contributed by atoms with Crippen molar-refractivity contribution < 1.29 is 23.8 Å². The lowest BCUT2D eigenvalue weighted by Gasteiger charge is -2.23. The Bertz CT molecular complexity index is 1060. The molecule has 160 valence electrons. The molecule has 0 saturated heterocycles. The van der Waals surface area contributed by atoms with Gasteiger partial charge in [0.15, 0.2) is 11.5 Å². The number of carbonyl (C=O) groups excluding carboxylic acids is 2. The van der Waals surface area contributed by atoms with Gasteiger partial charge in [-0.3, -0.25) is 9.59 Å². The smallest absolute Gasteiger partial charge is 0.258 e. The van der Waals surface area contributed by atoms with Crippen LogP contribution >= 0.6 is 0 Å². The monoisotopic (exact) mass is 420 g/mol. The zero-order valence-electron chi connectivity index (χ0n) is 17.2. The lowest BCUT2D eigenvalue weighted by Crippen LogP contribution is -2.30. The maximum absolute atomic E-state index is 13.3. The summed E-state index contributed by atoms with van der Waals surface area (Å²) in [4.78, 5) is 27.1. The molecule has 2 amide bonds. The number of carbonyl (C=O) groups is 2. The van der Waals surface area contributed by atoms with Crippen LogP contribution in [0.2, 0.25) is 0 Å². The first kappa shape index (κ1) is 20.5. The molecule has 0 spiro atoms. The zero-order valence-corrected chi connectivity index (χ0v) is 17.2. The van der Waals surface area contributed by atoms with Crippen LogP contribution in [0.25, 0.3) is 0 Å². The van der Waals surface area contributed by atoms with Crippen LogP contribution in [0.15, 0.2) is 65.3 Å². The second kappa shape index (κ2) is 8.95. The Labute approximate surface area is 180 Å². The number of furan rings is 1. The molecule has 0 aliphatic heterocycles. The molecule has 7 nitrogen and oxygen atoms in total. The highest BCUT2D eigenvalue weighted by Gasteiger charge is 2.24. The molecule has 2 N–H and O–H groups in total. The second-order valence-corrected chi connectivity index (χ2v) is 7.54. The topological polar surface area (TPSA) is 92.0 Å². The van der Waals surface area contributed by atoms with Crippen molar-refractivity contribution in [3.63, 3.8) is 0 Å². The Kier molecular flexibility index (Phi) is 5.93. The summed E-state index contributed by atoms with van der Waals surface area (Å²) < 4.78 is 10.6. The minimum Gasteiger partial charge on any atom is -0.504 e. The van der Waals surface area contributed by atoms with E-state index in [0.29, 0.717) is 17.4 Å². The fourth-order valence-corrected chi connectivity index (χ4v) is 3.30. The van der Waals surface area contributed by atoms with Gasteiger partial charge >= 0.3 is 0 Å². The van der Waals surface area contributed by atoms with Crippen LogP contribution in [0, 0.1) is 0 Å². The number of phenolic OH excluding ortho intramolecular Hbond substituents is 1. The molecule has 1 aliphatic rings. The van der Waals surface area contributed by atoms with Gasteiger partial charge in [0.1, 0.15) is 5.76 Å². The second-order valence-electron chi connectivity index (χ2n) is 7.54. The first-order chi connectivity index (χ1) is 15.0. The van der Waals surface area contributed by atoms with Crippen LogP contribution in [0.1, 0.15) is 44.9 Å². The molecule has 0 bridgehead atoms. The number of hydrogen-bond donors (Lipinski definition) is 2. The van der Waals surface area contributed by atoms with Crippen molar-refractivity contribution in [3.05, 3.63) is 83.3 Å². The van der Waals surface area contributed by atoms with Gasteiger partial charge in [-0.05, 0) is 54.8 Å². The number of para-hydroxylation sites is 1. The quantitative estimate of drug-likeness (QED) is 0.579. The maximum Gasteiger partial charge on any atom is 0.258 e. The fraction of sp³-hybridized carbons (Fsp3) is 0.250. The standard InChI is InChI=1S/C24H24N2O5/c1-30-21-6-2-5-20(22(21)27)24(29)26(15-19-4-3-13-31-19)14-16-7-9-17(10-8-16)23(28)25-18-11-12-18/h2-10,13,18,27H,11-12,14-15H2,1H3,(H,25,28). The number of hydrogen-bond acceptors (Lipinski definition) is 5. The highest BCUT2D eigenvalue weighted by Crippen LogP contribution is 2.31. The summed E-state index contributed by atoms with van der Waals surface area (Å²) >= 11 is 0. The van der Waals surface area contributed by atoms with Gasteiger partial charge in [-0.2, -0.15) is 0 Å². The van der Waals surface area contributed by atoms with Crippen LogP contribution in [0.4, 0.5) is 0 Å². The minimum absolute atomic E-state index is 0.0844. The normalized spacial score (nSPS) is 12.9. The zero-order chi connectivity index (χ0) is 21.8. The van der Waals surface area contributed by atoms with Crippen molar-refractivity contribution in [1.82, 2.24) is 10.2 Å². The van der Waals surface area contributed by atoms with E-state index in [0.717, 1.165) is 18.4 Å². The van der Waals surface area contributed by atoms with Gasteiger partial charge in [-0.25, -0.2) is 0 Å². The number of aromatic hydroxyl groups is 1. The maximum atomic E-state index is 13.3. The molecule has 7 heteroatoms. The van der Waals surface area contributed by atoms with E-state index in [9.17, 15) is 14.7 Å². The summed E-state index contributed by atoms with van der Waals surface area (Å²) in [5.41, 5.74) is 1.58. The largest absolute Gasteiger partial charge is 0.504 e.